The molecule has 0 radical (unpaired) electrons. The molecule has 0 aromatic heterocycles. The van der Waals surface area contributed by atoms with Gasteiger partial charge in [0.2, 0.25) is 0 Å². The molecular weight excluding hydrogens is 257 g/mol. The summed E-state index contributed by atoms with van der Waals surface area (Å²) in [6.45, 7) is 1.79. The zero-order valence-corrected chi connectivity index (χ0v) is 10.8. The number of carbonyl (C=O) groups is 1. The highest BCUT2D eigenvalue weighted by Crippen LogP contribution is 2.19. The molecule has 20 heavy (non-hydrogen) atoms. The number of nitrogens with two attached hydrogens (primary N) is 1. The Morgan fingerprint density at radius 3 is 2.70 bits per heavy atom. The summed E-state index contributed by atoms with van der Waals surface area (Å²) in [5.41, 5.74) is 7.27. The second-order valence-corrected chi connectivity index (χ2v) is 4.33. The van der Waals surface area contributed by atoms with E-state index in [9.17, 15) is 9.18 Å². The minimum Gasteiger partial charge on any atom is -0.399 e. The average molecular weight is 269 g/mol. The molecule has 3 N–H and O–H groups in total. The number of aryl methyl sites for hydroxylation is 1. The van der Waals surface area contributed by atoms with Crippen molar-refractivity contribution in [2.75, 3.05) is 11.1 Å². The molecule has 0 fully saturated rings. The quantitative estimate of drug-likeness (QED) is 0.823. The Kier molecular flexibility index (Phi) is 3.67. The molecule has 0 unspecified atom stereocenters. The zero-order chi connectivity index (χ0) is 14.7. The second-order valence-electron chi connectivity index (χ2n) is 4.33. The van der Waals surface area contributed by atoms with E-state index < -0.39 is 11.7 Å². The first-order valence-electron chi connectivity index (χ1n) is 5.88. The van der Waals surface area contributed by atoms with Gasteiger partial charge in [0.1, 0.15) is 5.82 Å². The van der Waals surface area contributed by atoms with Gasteiger partial charge in [-0.3, -0.25) is 4.79 Å². The van der Waals surface area contributed by atoms with Crippen molar-refractivity contribution in [2.24, 2.45) is 0 Å². The van der Waals surface area contributed by atoms with Crippen LogP contribution in [0.25, 0.3) is 0 Å². The third-order valence-corrected chi connectivity index (χ3v) is 2.85. The number of benzene rings is 2. The predicted molar refractivity (Wildman–Crippen MR) is 74.7 cm³/mol. The first-order valence-corrected chi connectivity index (χ1v) is 5.88. The van der Waals surface area contributed by atoms with E-state index in [1.807, 2.05) is 6.07 Å². The highest BCUT2D eigenvalue weighted by Gasteiger charge is 2.13. The normalized spacial score (nSPS) is 9.85. The molecule has 0 aliphatic rings. The molecule has 0 spiro atoms. The third-order valence-electron chi connectivity index (χ3n) is 2.85. The molecular formula is C15H12FN3O. The number of nitrogens with zero attached hydrogens (tertiary/aromatic N) is 1. The van der Waals surface area contributed by atoms with E-state index in [0.29, 0.717) is 11.3 Å². The number of nitrogen functional groups attached to an aromatic ring is 1. The highest BCUT2D eigenvalue weighted by atomic mass is 19.1. The zero-order valence-electron chi connectivity index (χ0n) is 10.8. The van der Waals surface area contributed by atoms with Crippen LogP contribution >= 0.6 is 0 Å². The van der Waals surface area contributed by atoms with Gasteiger partial charge < -0.3 is 11.1 Å². The SMILES string of the molecule is Cc1ccc(C#N)cc1NC(=O)c1ccc(N)cc1F. The van der Waals surface area contributed by atoms with E-state index in [1.165, 1.54) is 12.1 Å². The lowest BCUT2D eigenvalue weighted by molar-refractivity contribution is 0.102. The van der Waals surface area contributed by atoms with Gasteiger partial charge >= 0.3 is 0 Å². The maximum Gasteiger partial charge on any atom is 0.258 e. The van der Waals surface area contributed by atoms with Crippen molar-refractivity contribution in [1.82, 2.24) is 0 Å². The van der Waals surface area contributed by atoms with Gasteiger partial charge in [-0.25, -0.2) is 4.39 Å². The van der Waals surface area contributed by atoms with Crippen LogP contribution in [0.3, 0.4) is 0 Å². The molecule has 0 saturated heterocycles. The van der Waals surface area contributed by atoms with Crippen LogP contribution in [-0.4, -0.2) is 5.91 Å². The number of amides is 1. The van der Waals surface area contributed by atoms with Gasteiger partial charge in [0.15, 0.2) is 0 Å². The fourth-order valence-corrected chi connectivity index (χ4v) is 1.73. The van der Waals surface area contributed by atoms with Crippen molar-refractivity contribution in [2.45, 2.75) is 6.92 Å². The van der Waals surface area contributed by atoms with Crippen LogP contribution in [0.2, 0.25) is 0 Å². The lowest BCUT2D eigenvalue weighted by atomic mass is 10.1. The summed E-state index contributed by atoms with van der Waals surface area (Å²) in [6.07, 6.45) is 0. The third kappa shape index (κ3) is 2.75. The number of halogens is 1. The van der Waals surface area contributed by atoms with E-state index in [0.717, 1.165) is 11.6 Å². The Labute approximate surface area is 115 Å². The summed E-state index contributed by atoms with van der Waals surface area (Å²) in [7, 11) is 0. The van der Waals surface area contributed by atoms with Crippen LogP contribution in [0, 0.1) is 24.1 Å². The Hall–Kier alpha value is -2.87. The minimum absolute atomic E-state index is 0.0963. The highest BCUT2D eigenvalue weighted by molar-refractivity contribution is 6.05. The summed E-state index contributed by atoms with van der Waals surface area (Å²) in [6, 6.07) is 10.8. The number of hydrogen-bond acceptors (Lipinski definition) is 3. The smallest absolute Gasteiger partial charge is 0.258 e. The van der Waals surface area contributed by atoms with Crippen LogP contribution in [0.1, 0.15) is 21.5 Å². The maximum absolute atomic E-state index is 13.7. The summed E-state index contributed by atoms with van der Waals surface area (Å²) >= 11 is 0. The molecule has 0 atom stereocenters. The van der Waals surface area contributed by atoms with Crippen molar-refractivity contribution >= 4 is 17.3 Å². The van der Waals surface area contributed by atoms with Crippen LogP contribution < -0.4 is 11.1 Å². The standard InChI is InChI=1S/C15H12FN3O/c1-9-2-3-10(8-17)6-14(9)19-15(20)12-5-4-11(18)7-13(12)16/h2-7H,18H2,1H3,(H,19,20). The summed E-state index contributed by atoms with van der Waals surface area (Å²) < 4.78 is 13.7. The van der Waals surface area contributed by atoms with E-state index in [-0.39, 0.29) is 11.3 Å². The van der Waals surface area contributed by atoms with Crippen molar-refractivity contribution in [3.8, 4) is 6.07 Å². The lowest BCUT2D eigenvalue weighted by Crippen LogP contribution is -2.14. The van der Waals surface area contributed by atoms with Gasteiger partial charge in [-0.05, 0) is 42.8 Å². The molecule has 2 aromatic carbocycles. The van der Waals surface area contributed by atoms with Gasteiger partial charge in [0.25, 0.3) is 5.91 Å². The molecule has 0 bridgehead atoms. The van der Waals surface area contributed by atoms with Gasteiger partial charge in [0, 0.05) is 11.4 Å². The lowest BCUT2D eigenvalue weighted by Gasteiger charge is -2.09. The first kappa shape index (κ1) is 13.6. The van der Waals surface area contributed by atoms with Crippen LogP contribution in [0.4, 0.5) is 15.8 Å². The summed E-state index contributed by atoms with van der Waals surface area (Å²) in [5, 5.41) is 11.4. The van der Waals surface area contributed by atoms with E-state index in [4.69, 9.17) is 11.0 Å². The Bertz CT molecular complexity index is 720. The van der Waals surface area contributed by atoms with Crippen molar-refractivity contribution in [3.63, 3.8) is 0 Å². The van der Waals surface area contributed by atoms with Gasteiger partial charge in [-0.2, -0.15) is 5.26 Å². The average Bonchev–Trinajstić information content (AvgIpc) is 2.41. The fourth-order valence-electron chi connectivity index (χ4n) is 1.73. The number of anilines is 2. The molecule has 0 aliphatic carbocycles. The molecule has 2 rings (SSSR count). The van der Waals surface area contributed by atoms with Crippen LogP contribution in [-0.2, 0) is 0 Å². The van der Waals surface area contributed by atoms with Crippen molar-refractivity contribution in [1.29, 1.82) is 5.26 Å². The predicted octanol–water partition coefficient (Wildman–Crippen LogP) is 2.84. The van der Waals surface area contributed by atoms with E-state index in [2.05, 4.69) is 5.32 Å². The molecule has 0 aliphatic heterocycles. The van der Waals surface area contributed by atoms with Crippen molar-refractivity contribution < 1.29 is 9.18 Å². The summed E-state index contributed by atoms with van der Waals surface area (Å²) in [4.78, 5) is 12.0. The van der Waals surface area contributed by atoms with Crippen molar-refractivity contribution in [3.05, 3.63) is 58.9 Å². The molecule has 4 nitrogen and oxygen atoms in total. The maximum atomic E-state index is 13.7. The number of nitriles is 1. The molecule has 0 heterocycles. The van der Waals surface area contributed by atoms with E-state index >= 15 is 0 Å². The Morgan fingerprint density at radius 1 is 1.30 bits per heavy atom. The number of nitrogens with one attached hydrogen (secondary N) is 1. The summed E-state index contributed by atoms with van der Waals surface area (Å²) in [5.74, 6) is -1.27. The topological polar surface area (TPSA) is 78.9 Å². The minimum atomic E-state index is -0.684. The van der Waals surface area contributed by atoms with Crippen LogP contribution in [0.15, 0.2) is 36.4 Å². The van der Waals surface area contributed by atoms with Gasteiger partial charge in [-0.1, -0.05) is 6.07 Å². The number of carbonyl (C=O) groups excluding carboxylic acids is 1. The van der Waals surface area contributed by atoms with Gasteiger partial charge in [0.05, 0.1) is 17.2 Å². The fraction of sp³-hybridized carbons (Fsp3) is 0.0667. The molecule has 0 saturated carbocycles. The molecule has 1 amide bonds. The van der Waals surface area contributed by atoms with E-state index in [1.54, 1.807) is 25.1 Å². The molecule has 2 aromatic rings. The molecule has 100 valence electrons. The monoisotopic (exact) mass is 269 g/mol. The first-order chi connectivity index (χ1) is 9.51. The van der Waals surface area contributed by atoms with Gasteiger partial charge in [-0.15, -0.1) is 0 Å². The second kappa shape index (κ2) is 5.41. The molecule has 5 heteroatoms. The number of rotatable bonds is 2. The number of hydrogen-bond donors (Lipinski definition) is 2. The Balaban J connectivity index is 2.30. The Morgan fingerprint density at radius 2 is 2.05 bits per heavy atom. The largest absolute Gasteiger partial charge is 0.399 e. The van der Waals surface area contributed by atoms with Crippen LogP contribution in [0.5, 0.6) is 0 Å².